The highest BCUT2D eigenvalue weighted by atomic mass is 15.4. The lowest BCUT2D eigenvalue weighted by molar-refractivity contribution is -0.0596. The molecule has 4 aromatic carbocycles. The first-order valence-corrected chi connectivity index (χ1v) is 19.7. The molecule has 4 aromatic rings. The van der Waals surface area contributed by atoms with Crippen molar-refractivity contribution in [1.82, 2.24) is 20.0 Å². The number of hydrogen-bond donors (Lipinski definition) is 5. The number of para-hydroxylation sites is 4. The molecule has 0 saturated carbocycles. The number of rotatable bonds is 2. The Morgan fingerprint density at radius 1 is 0.519 bits per heavy atom. The standard InChI is InChI=1S/C44H50N8/c1-26-25-45-37-43-21-24-52(4)40(49-35-29(13-9-15-31(35)43)41-19-22-50(2)38(41)46-33-17-7-5-11-27(33)41)44(26,43)32-16-10-14-30(36(32)48-37)42-20-23-51(3)39(42)47-34-18-8-6-12-28(34)42/h5-18,26,37-40,45-49H,19-25H2,1-4H3/t26?,37-,38+,39+,40+,41+,42+,43?,44?/m0/s1. The molecule has 8 aliphatic heterocycles. The zero-order valence-corrected chi connectivity index (χ0v) is 30.8. The number of likely N-dealkylation sites (N-methyl/N-ethyl adjacent to an activating group) is 3. The van der Waals surface area contributed by atoms with Crippen molar-refractivity contribution in [2.45, 2.75) is 72.5 Å². The molecule has 8 aliphatic rings. The van der Waals surface area contributed by atoms with E-state index in [2.05, 4.69) is 154 Å². The molecule has 0 amide bonds. The fourth-order valence-electron chi connectivity index (χ4n) is 13.9. The first-order valence-electron chi connectivity index (χ1n) is 19.7. The number of nitrogens with zero attached hydrogens (tertiary/aromatic N) is 3. The predicted octanol–water partition coefficient (Wildman–Crippen LogP) is 5.69. The molecule has 3 unspecified atom stereocenters. The summed E-state index contributed by atoms with van der Waals surface area (Å²) >= 11 is 0. The van der Waals surface area contributed by atoms with E-state index in [1.807, 2.05) is 0 Å². The van der Waals surface area contributed by atoms with Crippen LogP contribution in [-0.2, 0) is 21.7 Å². The van der Waals surface area contributed by atoms with Gasteiger partial charge in [-0.3, -0.25) is 20.0 Å². The largest absolute Gasteiger partial charge is 0.368 e. The van der Waals surface area contributed by atoms with Gasteiger partial charge in [-0.05, 0) is 91.8 Å². The zero-order valence-electron chi connectivity index (χ0n) is 30.8. The van der Waals surface area contributed by atoms with Crippen molar-refractivity contribution in [2.75, 3.05) is 68.6 Å². The van der Waals surface area contributed by atoms with Gasteiger partial charge < -0.3 is 21.3 Å². The van der Waals surface area contributed by atoms with Gasteiger partial charge in [0.05, 0.1) is 35.5 Å². The summed E-state index contributed by atoms with van der Waals surface area (Å²) in [4.78, 5) is 7.75. The number of benzene rings is 4. The van der Waals surface area contributed by atoms with Crippen molar-refractivity contribution in [3.05, 3.63) is 118 Å². The molecular formula is C44H50N8. The van der Waals surface area contributed by atoms with Crippen molar-refractivity contribution in [3.8, 4) is 0 Å². The monoisotopic (exact) mass is 690 g/mol. The molecule has 8 heteroatoms. The molecule has 4 fully saturated rings. The van der Waals surface area contributed by atoms with Crippen molar-refractivity contribution in [2.24, 2.45) is 5.92 Å². The third-order valence-corrected chi connectivity index (χ3v) is 15.9. The highest BCUT2D eigenvalue weighted by Gasteiger charge is 2.73. The molecule has 8 heterocycles. The van der Waals surface area contributed by atoms with E-state index >= 15 is 0 Å². The molecule has 8 nitrogen and oxygen atoms in total. The second-order valence-corrected chi connectivity index (χ2v) is 17.5. The van der Waals surface area contributed by atoms with E-state index in [1.54, 1.807) is 0 Å². The summed E-state index contributed by atoms with van der Waals surface area (Å²) in [5, 5.41) is 21.0. The summed E-state index contributed by atoms with van der Waals surface area (Å²) < 4.78 is 0. The number of fused-ring (bicyclic) bond motifs is 8. The molecular weight excluding hydrogens is 641 g/mol. The van der Waals surface area contributed by atoms with Crippen LogP contribution in [0, 0.1) is 5.92 Å². The van der Waals surface area contributed by atoms with Gasteiger partial charge in [0.1, 0.15) is 0 Å². The Bertz CT molecular complexity index is 2180. The Morgan fingerprint density at radius 3 is 1.65 bits per heavy atom. The average molecular weight is 691 g/mol. The number of hydrogen-bond acceptors (Lipinski definition) is 8. The van der Waals surface area contributed by atoms with Gasteiger partial charge in [-0.15, -0.1) is 0 Å². The molecule has 9 atom stereocenters. The maximum atomic E-state index is 4.45. The third-order valence-electron chi connectivity index (χ3n) is 15.9. The van der Waals surface area contributed by atoms with E-state index in [0.29, 0.717) is 5.92 Å². The molecule has 0 spiro atoms. The minimum Gasteiger partial charge on any atom is -0.368 e. The van der Waals surface area contributed by atoms with Crippen LogP contribution < -0.4 is 26.6 Å². The van der Waals surface area contributed by atoms with Gasteiger partial charge in [0, 0.05) is 59.8 Å². The lowest BCUT2D eigenvalue weighted by atomic mass is 9.42. The first kappa shape index (κ1) is 30.4. The van der Waals surface area contributed by atoms with E-state index in [9.17, 15) is 0 Å². The molecule has 12 rings (SSSR count). The number of anilines is 4. The van der Waals surface area contributed by atoms with Crippen LogP contribution in [0.4, 0.5) is 22.7 Å². The normalized spacial score (nSPS) is 39.0. The maximum Gasteiger partial charge on any atom is 0.0933 e. The number of likely N-dealkylation sites (tertiary alicyclic amines) is 3. The molecule has 52 heavy (non-hydrogen) atoms. The fourth-order valence-corrected chi connectivity index (χ4v) is 13.9. The molecule has 0 aliphatic carbocycles. The van der Waals surface area contributed by atoms with E-state index < -0.39 is 0 Å². The SMILES string of the molecule is CC1CN[C@H]2Nc3c(cccc3[C@]34CCN(C)[C@H]3Nc3ccccc34)C13[C@@H]1Nc4c(cccc4[C@]45CCN(C)[C@H]4Nc4ccccc45)C23CCN1C. The van der Waals surface area contributed by atoms with Gasteiger partial charge in [0.15, 0.2) is 0 Å². The van der Waals surface area contributed by atoms with Crippen LogP contribution in [0.15, 0.2) is 84.9 Å². The van der Waals surface area contributed by atoms with E-state index in [0.717, 1.165) is 45.4 Å². The molecule has 4 saturated heterocycles. The molecule has 0 radical (unpaired) electrons. The maximum absolute atomic E-state index is 4.45. The predicted molar refractivity (Wildman–Crippen MR) is 209 cm³/mol. The summed E-state index contributed by atoms with van der Waals surface area (Å²) in [5.41, 5.74) is 13.6. The fraction of sp³-hybridized carbons (Fsp3) is 0.455. The van der Waals surface area contributed by atoms with Gasteiger partial charge in [-0.1, -0.05) is 79.7 Å². The second-order valence-electron chi connectivity index (χ2n) is 17.5. The van der Waals surface area contributed by atoms with Crippen LogP contribution in [0.1, 0.15) is 59.6 Å². The smallest absolute Gasteiger partial charge is 0.0933 e. The number of piperidine rings is 2. The third kappa shape index (κ3) is 3.13. The van der Waals surface area contributed by atoms with Crippen LogP contribution >= 0.6 is 0 Å². The first-order chi connectivity index (χ1) is 25.4. The van der Waals surface area contributed by atoms with Crippen molar-refractivity contribution in [3.63, 3.8) is 0 Å². The summed E-state index contributed by atoms with van der Waals surface area (Å²) in [5.74, 6) is 0.405. The van der Waals surface area contributed by atoms with Crippen LogP contribution in [0.3, 0.4) is 0 Å². The van der Waals surface area contributed by atoms with E-state index in [4.69, 9.17) is 0 Å². The Labute approximate surface area is 307 Å². The van der Waals surface area contributed by atoms with Gasteiger partial charge in [-0.25, -0.2) is 0 Å². The van der Waals surface area contributed by atoms with Crippen LogP contribution in [0.5, 0.6) is 0 Å². The zero-order chi connectivity index (χ0) is 34.8. The average Bonchev–Trinajstić information content (AvgIpc) is 3.89. The van der Waals surface area contributed by atoms with Crippen LogP contribution in [0.25, 0.3) is 0 Å². The summed E-state index contributed by atoms with van der Waals surface area (Å²) in [6, 6.07) is 32.9. The number of nitrogens with one attached hydrogen (secondary N) is 5. The minimum absolute atomic E-state index is 0.108. The lowest BCUT2D eigenvalue weighted by Crippen LogP contribution is -2.83. The van der Waals surface area contributed by atoms with Crippen molar-refractivity contribution >= 4 is 22.7 Å². The van der Waals surface area contributed by atoms with Crippen LogP contribution in [-0.4, -0.2) is 86.7 Å². The molecule has 4 bridgehead atoms. The topological polar surface area (TPSA) is 69.9 Å². The second kappa shape index (κ2) is 9.91. The van der Waals surface area contributed by atoms with Gasteiger partial charge in [0.25, 0.3) is 0 Å². The van der Waals surface area contributed by atoms with Gasteiger partial charge in [0.2, 0.25) is 0 Å². The Balaban J connectivity index is 1.12. The highest BCUT2D eigenvalue weighted by Crippen LogP contribution is 2.69. The highest BCUT2D eigenvalue weighted by molar-refractivity contribution is 5.81. The summed E-state index contributed by atoms with van der Waals surface area (Å²) in [6.45, 7) is 6.72. The van der Waals surface area contributed by atoms with Gasteiger partial charge >= 0.3 is 0 Å². The molecule has 5 N–H and O–H groups in total. The van der Waals surface area contributed by atoms with Crippen LogP contribution in [0.2, 0.25) is 0 Å². The molecule has 0 aromatic heterocycles. The lowest BCUT2D eigenvalue weighted by Gasteiger charge is -2.72. The Hall–Kier alpha value is -4.08. The summed E-state index contributed by atoms with van der Waals surface area (Å²) in [7, 11) is 6.97. The van der Waals surface area contributed by atoms with Crippen molar-refractivity contribution < 1.29 is 0 Å². The summed E-state index contributed by atoms with van der Waals surface area (Å²) in [6.07, 6.45) is 4.02. The minimum atomic E-state index is -0.143. The van der Waals surface area contributed by atoms with Gasteiger partial charge in [-0.2, -0.15) is 0 Å². The van der Waals surface area contributed by atoms with Crippen molar-refractivity contribution in [1.29, 1.82) is 0 Å². The Kier molecular flexibility index (Phi) is 5.79. The van der Waals surface area contributed by atoms with E-state index in [1.165, 1.54) is 56.1 Å². The quantitative estimate of drug-likeness (QED) is 0.184. The Morgan fingerprint density at radius 2 is 1.02 bits per heavy atom. The van der Waals surface area contributed by atoms with E-state index in [-0.39, 0.29) is 46.3 Å². The molecule has 266 valence electrons.